The minimum absolute atomic E-state index is 0.0849. The van der Waals surface area contributed by atoms with E-state index in [-0.39, 0.29) is 38.2 Å². The van der Waals surface area contributed by atoms with E-state index >= 15 is 9.59 Å². The Hall–Kier alpha value is -5.51. The van der Waals surface area contributed by atoms with Crippen LogP contribution in [-0.2, 0) is 46.8 Å². The van der Waals surface area contributed by atoms with Gasteiger partial charge in [0.25, 0.3) is 0 Å². The van der Waals surface area contributed by atoms with Crippen LogP contribution in [0.2, 0.25) is 0 Å². The summed E-state index contributed by atoms with van der Waals surface area (Å²) in [5.74, 6) is 0.215. The van der Waals surface area contributed by atoms with Crippen LogP contribution in [0.5, 0.6) is 11.5 Å². The largest absolute Gasteiger partial charge is 0.497 e. The summed E-state index contributed by atoms with van der Waals surface area (Å²) in [7, 11) is 4.63. The highest BCUT2D eigenvalue weighted by molar-refractivity contribution is 5.91. The van der Waals surface area contributed by atoms with Gasteiger partial charge in [-0.1, -0.05) is 138 Å². The smallest absolute Gasteiger partial charge is 0.324 e. The van der Waals surface area contributed by atoms with Crippen molar-refractivity contribution >= 4 is 18.0 Å². The molecule has 0 aliphatic carbocycles. The number of rotatable bonds is 21. The minimum atomic E-state index is -1.39. The normalized spacial score (nSPS) is 20.6. The molecule has 3 fully saturated rings. The van der Waals surface area contributed by atoms with Crippen molar-refractivity contribution in [2.75, 3.05) is 34.4 Å². The van der Waals surface area contributed by atoms with Gasteiger partial charge in [-0.15, -0.1) is 0 Å². The lowest BCUT2D eigenvalue weighted by molar-refractivity contribution is -0.155. The molecule has 4 aromatic rings. The minimum Gasteiger partial charge on any atom is -0.497 e. The summed E-state index contributed by atoms with van der Waals surface area (Å²) in [5.41, 5.74) is 3.10. The first-order valence-corrected chi connectivity index (χ1v) is 22.5. The fourth-order valence-electron chi connectivity index (χ4n) is 10.0. The van der Waals surface area contributed by atoms with E-state index in [4.69, 9.17) is 14.2 Å². The number of urea groups is 2. The highest BCUT2D eigenvalue weighted by Gasteiger charge is 2.81. The maximum Gasteiger partial charge on any atom is 0.324 e. The predicted octanol–water partition coefficient (Wildman–Crippen LogP) is 10.4. The third kappa shape index (κ3) is 8.18. The van der Waals surface area contributed by atoms with Crippen molar-refractivity contribution in [1.29, 1.82) is 0 Å². The van der Waals surface area contributed by atoms with Gasteiger partial charge in [0, 0.05) is 24.2 Å². The van der Waals surface area contributed by atoms with E-state index in [1.54, 1.807) is 24.0 Å². The first-order chi connectivity index (χ1) is 29.8. The lowest BCUT2D eigenvalue weighted by atomic mass is 9.77. The molecule has 0 radical (unpaired) electrons. The number of aryl methyl sites for hydroxylation is 2. The summed E-state index contributed by atoms with van der Waals surface area (Å²) < 4.78 is 16.4. The van der Waals surface area contributed by atoms with Crippen LogP contribution in [0.4, 0.5) is 9.59 Å². The van der Waals surface area contributed by atoms with Crippen molar-refractivity contribution in [3.63, 3.8) is 0 Å². The van der Waals surface area contributed by atoms with Crippen LogP contribution in [-0.4, -0.2) is 72.1 Å². The van der Waals surface area contributed by atoms with Crippen LogP contribution >= 0.6 is 0 Å². The van der Waals surface area contributed by atoms with Crippen molar-refractivity contribution < 1.29 is 28.6 Å². The molecule has 0 unspecified atom stereocenters. The van der Waals surface area contributed by atoms with Gasteiger partial charge in [-0.3, -0.25) is 24.4 Å². The summed E-state index contributed by atoms with van der Waals surface area (Å²) in [4.78, 5) is 52.4. The van der Waals surface area contributed by atoms with E-state index in [1.165, 1.54) is 69.6 Å². The fourth-order valence-corrected chi connectivity index (χ4v) is 10.0. The van der Waals surface area contributed by atoms with Gasteiger partial charge in [-0.2, -0.15) is 0 Å². The molecule has 61 heavy (non-hydrogen) atoms. The van der Waals surface area contributed by atoms with Crippen LogP contribution in [0.3, 0.4) is 0 Å². The van der Waals surface area contributed by atoms with Crippen LogP contribution in [0.1, 0.15) is 111 Å². The second kappa shape index (κ2) is 19.5. The van der Waals surface area contributed by atoms with Crippen LogP contribution < -0.4 is 9.47 Å². The summed E-state index contributed by atoms with van der Waals surface area (Å²) in [6.45, 7) is 5.02. The topological polar surface area (TPSA) is 91.9 Å². The third-order valence-corrected chi connectivity index (χ3v) is 13.2. The Labute approximate surface area is 362 Å². The Bertz CT molecular complexity index is 2010. The summed E-state index contributed by atoms with van der Waals surface area (Å²) in [6.07, 6.45) is 13.8. The zero-order chi connectivity index (χ0) is 43.0. The number of hydrogen-bond acceptors (Lipinski definition) is 6. The Balaban J connectivity index is 1.44. The van der Waals surface area contributed by atoms with Gasteiger partial charge in [0.1, 0.15) is 11.5 Å². The molecule has 10 nitrogen and oxygen atoms in total. The van der Waals surface area contributed by atoms with Gasteiger partial charge in [0.15, 0.2) is 11.3 Å². The molecule has 3 aliphatic heterocycles. The summed E-state index contributed by atoms with van der Waals surface area (Å²) >= 11 is 0. The molecule has 10 heteroatoms. The molecule has 4 aromatic carbocycles. The second-order valence-corrected chi connectivity index (χ2v) is 16.9. The molecule has 0 aromatic heterocycles. The molecule has 0 saturated carbocycles. The summed E-state index contributed by atoms with van der Waals surface area (Å²) in [5, 5.41) is 0. The van der Waals surface area contributed by atoms with Crippen molar-refractivity contribution in [2.24, 2.45) is 5.92 Å². The molecule has 4 amide bonds. The highest BCUT2D eigenvalue weighted by Crippen LogP contribution is 2.64. The maximum atomic E-state index is 15.7. The van der Waals surface area contributed by atoms with Gasteiger partial charge in [0.05, 0.1) is 40.3 Å². The molecule has 3 heterocycles. The quantitative estimate of drug-likeness (QED) is 0.0614. The molecular formula is C51H64N4O6. The van der Waals surface area contributed by atoms with Gasteiger partial charge >= 0.3 is 18.0 Å². The van der Waals surface area contributed by atoms with E-state index in [1.807, 2.05) is 58.3 Å². The van der Waals surface area contributed by atoms with E-state index in [9.17, 15) is 4.79 Å². The molecule has 0 N–H and O–H groups in total. The van der Waals surface area contributed by atoms with Crippen molar-refractivity contribution in [1.82, 2.24) is 19.6 Å². The fraction of sp³-hybridized carbons (Fsp3) is 0.471. The second-order valence-electron chi connectivity index (χ2n) is 16.9. The van der Waals surface area contributed by atoms with E-state index in [0.717, 1.165) is 47.9 Å². The van der Waals surface area contributed by atoms with Gasteiger partial charge in [-0.25, -0.2) is 9.59 Å². The Kier molecular flexibility index (Phi) is 13.9. The van der Waals surface area contributed by atoms with Gasteiger partial charge in [0.2, 0.25) is 0 Å². The number of nitrogens with zero attached hydrogens (tertiary/aromatic N) is 4. The van der Waals surface area contributed by atoms with Crippen molar-refractivity contribution in [2.45, 2.75) is 115 Å². The number of methoxy groups -OCH3 is 3. The monoisotopic (exact) mass is 828 g/mol. The zero-order valence-corrected chi connectivity index (χ0v) is 36.9. The van der Waals surface area contributed by atoms with E-state index in [0.29, 0.717) is 11.5 Å². The molecule has 0 bridgehead atoms. The van der Waals surface area contributed by atoms with E-state index < -0.39 is 23.2 Å². The Morgan fingerprint density at radius 1 is 0.525 bits per heavy atom. The number of unbranched alkanes of at least 4 members (excludes halogenated alkanes) is 8. The summed E-state index contributed by atoms with van der Waals surface area (Å²) in [6, 6.07) is 32.2. The number of esters is 1. The zero-order valence-electron chi connectivity index (χ0n) is 36.9. The van der Waals surface area contributed by atoms with Gasteiger partial charge < -0.3 is 14.2 Å². The predicted molar refractivity (Wildman–Crippen MR) is 238 cm³/mol. The average Bonchev–Trinajstić information content (AvgIpc) is 3.65. The Morgan fingerprint density at radius 2 is 0.902 bits per heavy atom. The van der Waals surface area contributed by atoms with Crippen LogP contribution in [0, 0.1) is 5.92 Å². The molecule has 3 saturated heterocycles. The average molecular weight is 829 g/mol. The first kappa shape index (κ1) is 43.6. The van der Waals surface area contributed by atoms with Crippen LogP contribution in [0.15, 0.2) is 97.1 Å². The lowest BCUT2D eigenvalue weighted by Crippen LogP contribution is -2.67. The lowest BCUT2D eigenvalue weighted by Gasteiger charge is -2.53. The number of carbonyl (C=O) groups is 3. The molecule has 0 atom stereocenters. The third-order valence-electron chi connectivity index (χ3n) is 13.2. The van der Waals surface area contributed by atoms with Gasteiger partial charge in [-0.05, 0) is 72.2 Å². The molecular weight excluding hydrogens is 765 g/mol. The highest BCUT2D eigenvalue weighted by atomic mass is 16.5. The SMILES string of the molecule is CCCCCCCc1ccc(C23N(Cc4ccc(OC)cc4)C(=O)N4CC(C(=O)OC)CN(C(=O)N2Cc2ccc(OC)cc2)C43c2ccc(CCCCCCC)cc2)cc1. The molecule has 3 aliphatic rings. The van der Waals surface area contributed by atoms with Crippen molar-refractivity contribution in [3.05, 3.63) is 130 Å². The number of benzene rings is 4. The number of amides is 4. The van der Waals surface area contributed by atoms with Crippen molar-refractivity contribution in [3.8, 4) is 11.5 Å². The van der Waals surface area contributed by atoms with E-state index in [2.05, 4.69) is 62.4 Å². The number of carbonyl (C=O) groups excluding carboxylic acids is 3. The van der Waals surface area contributed by atoms with Crippen LogP contribution in [0.25, 0.3) is 0 Å². The number of hydrogen-bond donors (Lipinski definition) is 0. The Morgan fingerprint density at radius 3 is 1.28 bits per heavy atom. The molecule has 0 spiro atoms. The first-order valence-electron chi connectivity index (χ1n) is 22.5. The standard InChI is InChI=1S/C51H64N4O6/c1-6-8-10-12-14-16-38-18-26-43(27-19-38)50-51(44-28-20-39(21-29-44)17-15-13-11-9-7-2)54(48(57)52(50)34-40-22-30-45(59-3)31-23-40)36-42(47(56)61-5)37-55(51)49(58)53(50)35-41-24-32-46(60-4)33-25-41/h18-33,42H,6-17,34-37H2,1-5H3. The number of ether oxygens (including phenoxy) is 3. The molecule has 324 valence electrons. The maximum absolute atomic E-state index is 15.7. The molecule has 7 rings (SSSR count).